The second kappa shape index (κ2) is 7.74. The molecule has 7 nitrogen and oxygen atoms in total. The van der Waals surface area contributed by atoms with Crippen molar-refractivity contribution in [1.82, 2.24) is 15.3 Å². The Hall–Kier alpha value is -2.67. The van der Waals surface area contributed by atoms with Crippen LogP contribution in [0, 0.1) is 0 Å². The lowest BCUT2D eigenvalue weighted by Gasteiger charge is -2.11. The minimum atomic E-state index is -0.231. The molecule has 1 aromatic carbocycles. The standard InChI is InChI=1S/C17H20N4O3/c1-23-13-6-4-12(5-7-13)20-17-18-9-8-15(21-17)16(22)19-11-14-3-2-10-24-14/h4-9,14H,2-3,10-11H2,1H3,(H,19,22)(H,18,20,21). The molecule has 2 aromatic rings. The maximum atomic E-state index is 12.2. The normalized spacial score (nSPS) is 16.6. The number of carbonyl (C=O) groups excluding carboxylic acids is 1. The van der Waals surface area contributed by atoms with E-state index in [-0.39, 0.29) is 12.0 Å². The average molecular weight is 328 g/mol. The number of benzene rings is 1. The number of amides is 1. The molecule has 1 fully saturated rings. The van der Waals surface area contributed by atoms with E-state index in [1.165, 1.54) is 0 Å². The summed E-state index contributed by atoms with van der Waals surface area (Å²) >= 11 is 0. The molecule has 0 aliphatic carbocycles. The Labute approximate surface area is 140 Å². The smallest absolute Gasteiger partial charge is 0.270 e. The van der Waals surface area contributed by atoms with Gasteiger partial charge in [0.1, 0.15) is 11.4 Å². The van der Waals surface area contributed by atoms with E-state index in [2.05, 4.69) is 20.6 Å². The fourth-order valence-corrected chi connectivity index (χ4v) is 2.45. The van der Waals surface area contributed by atoms with Crippen molar-refractivity contribution >= 4 is 17.5 Å². The highest BCUT2D eigenvalue weighted by Gasteiger charge is 2.17. The molecule has 2 heterocycles. The van der Waals surface area contributed by atoms with Gasteiger partial charge in [-0.2, -0.15) is 0 Å². The molecule has 2 N–H and O–H groups in total. The Kier molecular flexibility index (Phi) is 5.22. The fourth-order valence-electron chi connectivity index (χ4n) is 2.45. The predicted octanol–water partition coefficient (Wildman–Crippen LogP) is 2.14. The van der Waals surface area contributed by atoms with Crippen LogP contribution in [-0.2, 0) is 4.74 Å². The van der Waals surface area contributed by atoms with Crippen molar-refractivity contribution in [3.05, 3.63) is 42.2 Å². The van der Waals surface area contributed by atoms with Gasteiger partial charge in [-0.15, -0.1) is 0 Å². The molecule has 1 aliphatic rings. The van der Waals surface area contributed by atoms with Gasteiger partial charge in [-0.25, -0.2) is 9.97 Å². The number of nitrogens with one attached hydrogen (secondary N) is 2. The monoisotopic (exact) mass is 328 g/mol. The van der Waals surface area contributed by atoms with Gasteiger partial charge < -0.3 is 20.1 Å². The van der Waals surface area contributed by atoms with Crippen molar-refractivity contribution in [3.8, 4) is 5.75 Å². The summed E-state index contributed by atoms with van der Waals surface area (Å²) in [4.78, 5) is 20.6. The minimum absolute atomic E-state index is 0.104. The quantitative estimate of drug-likeness (QED) is 0.845. The first-order chi connectivity index (χ1) is 11.7. The van der Waals surface area contributed by atoms with E-state index in [1.807, 2.05) is 24.3 Å². The molecule has 1 aromatic heterocycles. The van der Waals surface area contributed by atoms with Gasteiger partial charge in [0.15, 0.2) is 0 Å². The van der Waals surface area contributed by atoms with Crippen molar-refractivity contribution in [3.63, 3.8) is 0 Å². The third kappa shape index (κ3) is 4.20. The van der Waals surface area contributed by atoms with Crippen LogP contribution in [0.2, 0.25) is 0 Å². The molecular formula is C17H20N4O3. The van der Waals surface area contributed by atoms with Crippen molar-refractivity contribution < 1.29 is 14.3 Å². The van der Waals surface area contributed by atoms with Crippen molar-refractivity contribution in [2.24, 2.45) is 0 Å². The van der Waals surface area contributed by atoms with Gasteiger partial charge in [0.05, 0.1) is 13.2 Å². The molecule has 24 heavy (non-hydrogen) atoms. The molecule has 0 radical (unpaired) electrons. The summed E-state index contributed by atoms with van der Waals surface area (Å²) in [7, 11) is 1.62. The maximum absolute atomic E-state index is 12.2. The molecule has 1 atom stereocenters. The van der Waals surface area contributed by atoms with E-state index in [4.69, 9.17) is 9.47 Å². The Morgan fingerprint density at radius 1 is 1.33 bits per heavy atom. The van der Waals surface area contributed by atoms with Crippen LogP contribution < -0.4 is 15.4 Å². The molecule has 1 aliphatic heterocycles. The SMILES string of the molecule is COc1ccc(Nc2nccc(C(=O)NCC3CCCO3)n2)cc1. The summed E-state index contributed by atoms with van der Waals surface area (Å²) in [6.07, 6.45) is 3.69. The first-order valence-electron chi connectivity index (χ1n) is 7.88. The topological polar surface area (TPSA) is 85.4 Å². The summed E-state index contributed by atoms with van der Waals surface area (Å²) in [5, 5.41) is 5.91. The third-order valence-electron chi connectivity index (χ3n) is 3.75. The third-order valence-corrected chi connectivity index (χ3v) is 3.75. The average Bonchev–Trinajstić information content (AvgIpc) is 3.14. The summed E-state index contributed by atoms with van der Waals surface area (Å²) in [5.41, 5.74) is 1.13. The minimum Gasteiger partial charge on any atom is -0.497 e. The van der Waals surface area contributed by atoms with Crippen LogP contribution in [-0.4, -0.2) is 42.2 Å². The van der Waals surface area contributed by atoms with Gasteiger partial charge in [0, 0.05) is 25.0 Å². The number of methoxy groups -OCH3 is 1. The predicted molar refractivity (Wildman–Crippen MR) is 89.6 cm³/mol. The summed E-state index contributed by atoms with van der Waals surface area (Å²) in [6, 6.07) is 8.96. The van der Waals surface area contributed by atoms with E-state index in [0.29, 0.717) is 18.2 Å². The van der Waals surface area contributed by atoms with E-state index in [9.17, 15) is 4.79 Å². The summed E-state index contributed by atoms with van der Waals surface area (Å²) < 4.78 is 10.6. The van der Waals surface area contributed by atoms with Crippen LogP contribution in [0.4, 0.5) is 11.6 Å². The zero-order chi connectivity index (χ0) is 16.8. The van der Waals surface area contributed by atoms with E-state index in [0.717, 1.165) is 30.9 Å². The van der Waals surface area contributed by atoms with Gasteiger partial charge in [-0.1, -0.05) is 0 Å². The van der Waals surface area contributed by atoms with Crippen molar-refractivity contribution in [1.29, 1.82) is 0 Å². The Bertz CT molecular complexity index is 684. The van der Waals surface area contributed by atoms with Crippen LogP contribution in [0.15, 0.2) is 36.5 Å². The molecule has 1 unspecified atom stereocenters. The van der Waals surface area contributed by atoms with Crippen LogP contribution in [0.5, 0.6) is 5.75 Å². The maximum Gasteiger partial charge on any atom is 0.270 e. The zero-order valence-corrected chi connectivity index (χ0v) is 13.5. The molecule has 3 rings (SSSR count). The highest BCUT2D eigenvalue weighted by molar-refractivity contribution is 5.92. The number of hydrogen-bond donors (Lipinski definition) is 2. The molecular weight excluding hydrogens is 308 g/mol. The van der Waals surface area contributed by atoms with E-state index < -0.39 is 0 Å². The zero-order valence-electron chi connectivity index (χ0n) is 13.5. The lowest BCUT2D eigenvalue weighted by molar-refractivity contribution is 0.0853. The number of hydrogen-bond acceptors (Lipinski definition) is 6. The van der Waals surface area contributed by atoms with Crippen LogP contribution in [0.25, 0.3) is 0 Å². The Morgan fingerprint density at radius 2 is 2.17 bits per heavy atom. The number of aromatic nitrogens is 2. The van der Waals surface area contributed by atoms with Gasteiger partial charge in [0.25, 0.3) is 5.91 Å². The Morgan fingerprint density at radius 3 is 2.88 bits per heavy atom. The number of ether oxygens (including phenoxy) is 2. The number of anilines is 2. The van der Waals surface area contributed by atoms with Crippen LogP contribution >= 0.6 is 0 Å². The molecule has 7 heteroatoms. The van der Waals surface area contributed by atoms with Crippen LogP contribution in [0.1, 0.15) is 23.3 Å². The first-order valence-corrected chi connectivity index (χ1v) is 7.88. The second-order valence-electron chi connectivity index (χ2n) is 5.46. The molecule has 0 spiro atoms. The van der Waals surface area contributed by atoms with E-state index in [1.54, 1.807) is 19.4 Å². The largest absolute Gasteiger partial charge is 0.497 e. The highest BCUT2D eigenvalue weighted by Crippen LogP contribution is 2.17. The number of rotatable bonds is 6. The van der Waals surface area contributed by atoms with Gasteiger partial charge in [0.2, 0.25) is 5.95 Å². The highest BCUT2D eigenvalue weighted by atomic mass is 16.5. The number of carbonyl (C=O) groups is 1. The molecule has 1 saturated heterocycles. The van der Waals surface area contributed by atoms with Gasteiger partial charge in [-0.05, 0) is 43.2 Å². The Balaban J connectivity index is 1.60. The lowest BCUT2D eigenvalue weighted by Crippen LogP contribution is -2.32. The molecule has 0 bridgehead atoms. The summed E-state index contributed by atoms with van der Waals surface area (Å²) in [6.45, 7) is 1.27. The molecule has 0 saturated carbocycles. The molecule has 126 valence electrons. The fraction of sp³-hybridized carbons (Fsp3) is 0.353. The van der Waals surface area contributed by atoms with Gasteiger partial charge >= 0.3 is 0 Å². The lowest BCUT2D eigenvalue weighted by atomic mass is 10.2. The van der Waals surface area contributed by atoms with Crippen molar-refractivity contribution in [2.45, 2.75) is 18.9 Å². The molecule has 1 amide bonds. The van der Waals surface area contributed by atoms with Crippen molar-refractivity contribution in [2.75, 3.05) is 25.6 Å². The first kappa shape index (κ1) is 16.2. The summed E-state index contributed by atoms with van der Waals surface area (Å²) in [5.74, 6) is 0.902. The second-order valence-corrected chi connectivity index (χ2v) is 5.46. The number of nitrogens with zero attached hydrogens (tertiary/aromatic N) is 2. The van der Waals surface area contributed by atoms with Crippen LogP contribution in [0.3, 0.4) is 0 Å². The van der Waals surface area contributed by atoms with Gasteiger partial charge in [-0.3, -0.25) is 4.79 Å². The van der Waals surface area contributed by atoms with E-state index >= 15 is 0 Å².